The van der Waals surface area contributed by atoms with Crippen molar-refractivity contribution in [2.24, 2.45) is 0 Å². The lowest BCUT2D eigenvalue weighted by Gasteiger charge is -2.14. The van der Waals surface area contributed by atoms with Crippen molar-refractivity contribution in [3.05, 3.63) is 12.3 Å². The van der Waals surface area contributed by atoms with E-state index in [1.165, 1.54) is 0 Å². The zero-order valence-electron chi connectivity index (χ0n) is 9.44. The maximum absolute atomic E-state index is 5.77. The van der Waals surface area contributed by atoms with E-state index in [9.17, 15) is 0 Å². The Hall–Kier alpha value is -1.07. The Labute approximate surface area is 100 Å². The predicted molar refractivity (Wildman–Crippen MR) is 63.2 cm³/mol. The minimum absolute atomic E-state index is 0.0106. The number of hydrogen-bond donors (Lipinski definition) is 1. The molecule has 0 amide bonds. The lowest BCUT2D eigenvalue weighted by atomic mass is 10.4. The first-order chi connectivity index (χ1) is 7.80. The van der Waals surface area contributed by atoms with Gasteiger partial charge in [0.15, 0.2) is 0 Å². The van der Waals surface area contributed by atoms with Crippen LogP contribution >= 0.6 is 11.6 Å². The molecule has 0 aliphatic carbocycles. The van der Waals surface area contributed by atoms with E-state index in [-0.39, 0.29) is 6.04 Å². The number of aromatic nitrogens is 2. The molecule has 1 aromatic heterocycles. The van der Waals surface area contributed by atoms with Crippen LogP contribution in [0.1, 0.15) is 6.92 Å². The summed E-state index contributed by atoms with van der Waals surface area (Å²) in [5.41, 5.74) is 0. The summed E-state index contributed by atoms with van der Waals surface area (Å²) in [6.45, 7) is 2.99. The van der Waals surface area contributed by atoms with Crippen molar-refractivity contribution in [3.63, 3.8) is 0 Å². The van der Waals surface area contributed by atoms with Crippen molar-refractivity contribution >= 4 is 17.5 Å². The van der Waals surface area contributed by atoms with Crippen LogP contribution in [0, 0.1) is 0 Å². The highest BCUT2D eigenvalue weighted by Gasteiger charge is 2.08. The second-order valence-electron chi connectivity index (χ2n) is 3.10. The first-order valence-corrected chi connectivity index (χ1v) is 5.60. The molecule has 0 saturated heterocycles. The van der Waals surface area contributed by atoms with Gasteiger partial charge in [-0.25, -0.2) is 4.98 Å². The lowest BCUT2D eigenvalue weighted by Crippen LogP contribution is -2.27. The van der Waals surface area contributed by atoms with Crippen LogP contribution in [0.3, 0.4) is 0 Å². The smallest absolute Gasteiger partial charge is 0.226 e. The van der Waals surface area contributed by atoms with E-state index in [0.29, 0.717) is 30.9 Å². The number of nitrogens with zero attached hydrogens (tertiary/aromatic N) is 2. The van der Waals surface area contributed by atoms with Gasteiger partial charge in [0.25, 0.3) is 0 Å². The summed E-state index contributed by atoms with van der Waals surface area (Å²) >= 11 is 5.77. The minimum Gasteiger partial charge on any atom is -0.478 e. The topological polar surface area (TPSA) is 56.3 Å². The molecular weight excluding hydrogens is 230 g/mol. The largest absolute Gasteiger partial charge is 0.478 e. The normalized spacial score (nSPS) is 12.2. The molecule has 0 bridgehead atoms. The van der Waals surface area contributed by atoms with Crippen LogP contribution in [0.15, 0.2) is 12.3 Å². The second kappa shape index (κ2) is 7.24. The van der Waals surface area contributed by atoms with E-state index in [0.717, 1.165) is 0 Å². The number of anilines is 1. The molecule has 16 heavy (non-hydrogen) atoms. The summed E-state index contributed by atoms with van der Waals surface area (Å²) in [6, 6.07) is 1.70. The highest BCUT2D eigenvalue weighted by Crippen LogP contribution is 2.09. The van der Waals surface area contributed by atoms with E-state index in [1.807, 2.05) is 6.92 Å². The number of nitrogens with one attached hydrogen (secondary N) is 1. The molecule has 1 heterocycles. The molecule has 1 unspecified atom stereocenters. The third-order valence-electron chi connectivity index (χ3n) is 1.81. The number of ether oxygens (including phenoxy) is 2. The summed E-state index contributed by atoms with van der Waals surface area (Å²) in [7, 11) is 1.62. The van der Waals surface area contributed by atoms with Gasteiger partial charge in [-0.05, 0) is 6.92 Å². The van der Waals surface area contributed by atoms with E-state index < -0.39 is 0 Å². The van der Waals surface area contributed by atoms with Crippen LogP contribution in [-0.2, 0) is 4.74 Å². The van der Waals surface area contributed by atoms with Gasteiger partial charge in [0, 0.05) is 25.3 Å². The van der Waals surface area contributed by atoms with Gasteiger partial charge in [-0.2, -0.15) is 4.98 Å². The Morgan fingerprint density at radius 3 is 3.00 bits per heavy atom. The first kappa shape index (κ1) is 13.0. The monoisotopic (exact) mass is 245 g/mol. The third kappa shape index (κ3) is 4.20. The first-order valence-electron chi connectivity index (χ1n) is 5.07. The molecule has 0 spiro atoms. The minimum atomic E-state index is -0.0106. The van der Waals surface area contributed by atoms with Gasteiger partial charge < -0.3 is 14.8 Å². The quantitative estimate of drug-likeness (QED) is 0.739. The average Bonchev–Trinajstić information content (AvgIpc) is 2.29. The molecular formula is C10H16ClN3O2. The van der Waals surface area contributed by atoms with Crippen LogP contribution in [0.4, 0.5) is 5.95 Å². The molecule has 1 rings (SSSR count). The lowest BCUT2D eigenvalue weighted by molar-refractivity contribution is 0.191. The number of alkyl halides is 1. The fraction of sp³-hybridized carbons (Fsp3) is 0.600. The molecule has 1 atom stereocenters. The Balaban J connectivity index is 2.60. The van der Waals surface area contributed by atoms with Crippen LogP contribution in [-0.4, -0.2) is 42.2 Å². The van der Waals surface area contributed by atoms with Crippen LogP contribution in [0.2, 0.25) is 0 Å². The Bertz CT molecular complexity index is 312. The molecule has 5 nitrogen and oxygen atoms in total. The van der Waals surface area contributed by atoms with E-state index >= 15 is 0 Å². The molecule has 0 radical (unpaired) electrons. The zero-order valence-corrected chi connectivity index (χ0v) is 10.2. The molecule has 0 saturated carbocycles. The van der Waals surface area contributed by atoms with Crippen molar-refractivity contribution in [1.29, 1.82) is 0 Å². The SMILES string of the molecule is CCOc1ccnc(NC(CCl)COC)n1. The van der Waals surface area contributed by atoms with Crippen molar-refractivity contribution in [1.82, 2.24) is 9.97 Å². The van der Waals surface area contributed by atoms with Crippen LogP contribution in [0.5, 0.6) is 5.88 Å². The molecule has 0 aliphatic heterocycles. The fourth-order valence-electron chi connectivity index (χ4n) is 1.15. The van der Waals surface area contributed by atoms with Gasteiger partial charge in [0.1, 0.15) is 0 Å². The highest BCUT2D eigenvalue weighted by atomic mass is 35.5. The van der Waals surface area contributed by atoms with Crippen LogP contribution < -0.4 is 10.1 Å². The molecule has 0 aliphatic rings. The summed E-state index contributed by atoms with van der Waals surface area (Å²) < 4.78 is 10.3. The van der Waals surface area contributed by atoms with Gasteiger partial charge >= 0.3 is 0 Å². The van der Waals surface area contributed by atoms with Crippen molar-refractivity contribution in [2.45, 2.75) is 13.0 Å². The maximum atomic E-state index is 5.77. The fourth-order valence-corrected chi connectivity index (χ4v) is 1.31. The van der Waals surface area contributed by atoms with Gasteiger partial charge in [0.05, 0.1) is 19.3 Å². The third-order valence-corrected chi connectivity index (χ3v) is 2.18. The van der Waals surface area contributed by atoms with Crippen LogP contribution in [0.25, 0.3) is 0 Å². The van der Waals surface area contributed by atoms with Crippen molar-refractivity contribution < 1.29 is 9.47 Å². The number of rotatable bonds is 7. The summed E-state index contributed by atoms with van der Waals surface area (Å²) in [5.74, 6) is 1.47. The summed E-state index contributed by atoms with van der Waals surface area (Å²) in [6.07, 6.45) is 1.64. The van der Waals surface area contributed by atoms with Gasteiger partial charge in [-0.1, -0.05) is 0 Å². The molecule has 0 aromatic carbocycles. The average molecular weight is 246 g/mol. The number of hydrogen-bond acceptors (Lipinski definition) is 5. The molecule has 0 fully saturated rings. The highest BCUT2D eigenvalue weighted by molar-refractivity contribution is 6.18. The number of methoxy groups -OCH3 is 1. The molecule has 1 N–H and O–H groups in total. The van der Waals surface area contributed by atoms with Crippen molar-refractivity contribution in [2.75, 3.05) is 31.5 Å². The van der Waals surface area contributed by atoms with Gasteiger partial charge in [-0.15, -0.1) is 11.6 Å². The summed E-state index contributed by atoms with van der Waals surface area (Å²) in [5, 5.41) is 3.07. The Morgan fingerprint density at radius 2 is 2.38 bits per heavy atom. The Morgan fingerprint density at radius 1 is 1.56 bits per heavy atom. The molecule has 90 valence electrons. The Kier molecular flexibility index (Phi) is 5.88. The van der Waals surface area contributed by atoms with Crippen molar-refractivity contribution in [3.8, 4) is 5.88 Å². The van der Waals surface area contributed by atoms with E-state index in [1.54, 1.807) is 19.4 Å². The zero-order chi connectivity index (χ0) is 11.8. The predicted octanol–water partition coefficient (Wildman–Crippen LogP) is 1.54. The standard InChI is InChI=1S/C10H16ClN3O2/c1-3-16-9-4-5-12-10(14-9)13-8(6-11)7-15-2/h4-5,8H,3,6-7H2,1-2H3,(H,12,13,14). The van der Waals surface area contributed by atoms with E-state index in [4.69, 9.17) is 21.1 Å². The maximum Gasteiger partial charge on any atom is 0.226 e. The van der Waals surface area contributed by atoms with Gasteiger partial charge in [-0.3, -0.25) is 0 Å². The second-order valence-corrected chi connectivity index (χ2v) is 3.41. The number of halogens is 1. The molecule has 1 aromatic rings. The van der Waals surface area contributed by atoms with E-state index in [2.05, 4.69) is 15.3 Å². The van der Waals surface area contributed by atoms with Gasteiger partial charge in [0.2, 0.25) is 11.8 Å². The summed E-state index contributed by atoms with van der Waals surface area (Å²) in [4.78, 5) is 8.25. The molecule has 6 heteroatoms.